The van der Waals surface area contributed by atoms with Crippen LogP contribution in [0.3, 0.4) is 0 Å². The first-order valence-corrected chi connectivity index (χ1v) is 12.8. The second-order valence-corrected chi connectivity index (χ2v) is 10.3. The lowest BCUT2D eigenvalue weighted by Crippen LogP contribution is -2.39. The number of rotatable bonds is 6. The fourth-order valence-electron chi connectivity index (χ4n) is 3.84. The summed E-state index contributed by atoms with van der Waals surface area (Å²) < 4.78 is 41.4. The molecule has 0 aliphatic carbocycles. The Morgan fingerprint density at radius 3 is 2.90 bits per heavy atom. The lowest BCUT2D eigenvalue weighted by molar-refractivity contribution is -0.123. The van der Waals surface area contributed by atoms with Gasteiger partial charge in [-0.05, 0) is 36.6 Å². The summed E-state index contributed by atoms with van der Waals surface area (Å²) in [4.78, 5) is 18.4. The fraction of sp³-hybridized carbons (Fsp3) is 0.364. The molecular formula is C22H24FN3O3S2. The molecule has 2 unspecified atom stereocenters. The average Bonchev–Trinajstić information content (AvgIpc) is 3.02. The van der Waals surface area contributed by atoms with Crippen molar-refractivity contribution in [3.63, 3.8) is 0 Å². The molecule has 0 fully saturated rings. The van der Waals surface area contributed by atoms with E-state index in [1.54, 1.807) is 24.3 Å². The molecule has 2 atom stereocenters. The number of unbranched alkanes of at least 4 members (excludes halogenated alkanes) is 1. The molecule has 2 aromatic carbocycles. The van der Waals surface area contributed by atoms with Crippen molar-refractivity contribution in [2.45, 2.75) is 54.5 Å². The summed E-state index contributed by atoms with van der Waals surface area (Å²) in [5.74, 6) is 0.343. The van der Waals surface area contributed by atoms with Gasteiger partial charge in [0.1, 0.15) is 17.7 Å². The van der Waals surface area contributed by atoms with Crippen LogP contribution in [0, 0.1) is 5.82 Å². The van der Waals surface area contributed by atoms with Gasteiger partial charge >= 0.3 is 0 Å². The highest BCUT2D eigenvalue weighted by molar-refractivity contribution is 7.99. The first-order valence-electron chi connectivity index (χ1n) is 10.3. The maximum Gasteiger partial charge on any atom is 0.263 e. The maximum atomic E-state index is 14.2. The summed E-state index contributed by atoms with van der Waals surface area (Å²) in [6.45, 7) is 2.02. The Bertz CT molecular complexity index is 1130. The molecule has 1 amide bonds. The molecule has 0 radical (unpaired) electrons. The largest absolute Gasteiger partial charge is 0.347 e. The van der Waals surface area contributed by atoms with Gasteiger partial charge in [0.2, 0.25) is 5.91 Å². The maximum absolute atomic E-state index is 14.2. The number of carbonyl (C=O) groups excluding carboxylic acids is 1. The number of halogens is 1. The van der Waals surface area contributed by atoms with E-state index in [9.17, 15) is 17.6 Å². The summed E-state index contributed by atoms with van der Waals surface area (Å²) in [5, 5.41) is 3.03. The van der Waals surface area contributed by atoms with Crippen molar-refractivity contribution in [2.24, 2.45) is 4.99 Å². The van der Waals surface area contributed by atoms with Gasteiger partial charge in [-0.2, -0.15) is 0 Å². The Hall–Kier alpha value is -2.39. The zero-order valence-corrected chi connectivity index (χ0v) is 18.7. The second kappa shape index (κ2) is 9.00. The number of sulfonamides is 1. The molecule has 0 bridgehead atoms. The molecule has 0 saturated heterocycles. The van der Waals surface area contributed by atoms with E-state index in [0.29, 0.717) is 29.1 Å². The molecular weight excluding hydrogens is 437 g/mol. The molecule has 2 aliphatic heterocycles. The van der Waals surface area contributed by atoms with Crippen molar-refractivity contribution in [3.8, 4) is 0 Å². The topological polar surface area (TPSA) is 87.6 Å². The van der Waals surface area contributed by atoms with Crippen LogP contribution >= 0.6 is 11.8 Å². The van der Waals surface area contributed by atoms with Crippen LogP contribution in [0.1, 0.15) is 49.8 Å². The van der Waals surface area contributed by atoms with Gasteiger partial charge in [0.25, 0.3) is 10.0 Å². The molecule has 31 heavy (non-hydrogen) atoms. The number of thioether (sulfide) groups is 1. The van der Waals surface area contributed by atoms with E-state index in [0.717, 1.165) is 18.4 Å². The van der Waals surface area contributed by atoms with E-state index in [2.05, 4.69) is 15.0 Å². The predicted octanol–water partition coefficient (Wildman–Crippen LogP) is 3.78. The average molecular weight is 462 g/mol. The number of aliphatic imine (C=N–C) groups is 1. The highest BCUT2D eigenvalue weighted by atomic mass is 32.2. The predicted molar refractivity (Wildman–Crippen MR) is 119 cm³/mol. The Balaban J connectivity index is 1.61. The molecule has 4 rings (SSSR count). The third-order valence-electron chi connectivity index (χ3n) is 5.42. The summed E-state index contributed by atoms with van der Waals surface area (Å²) in [5.41, 5.74) is 1.25. The normalized spacial score (nSPS) is 21.1. The molecule has 164 valence electrons. The van der Waals surface area contributed by atoms with Crippen LogP contribution in [-0.4, -0.2) is 32.0 Å². The number of amides is 1. The van der Waals surface area contributed by atoms with E-state index in [1.165, 1.54) is 23.9 Å². The Labute approximate surface area is 185 Å². The lowest BCUT2D eigenvalue weighted by atomic mass is 10.0. The number of carbonyl (C=O) groups is 1. The smallest absolute Gasteiger partial charge is 0.263 e. The number of hydrogen-bond acceptors (Lipinski definition) is 5. The van der Waals surface area contributed by atoms with Crippen molar-refractivity contribution < 1.29 is 17.6 Å². The van der Waals surface area contributed by atoms with E-state index in [4.69, 9.17) is 0 Å². The van der Waals surface area contributed by atoms with Gasteiger partial charge in [0.15, 0.2) is 0 Å². The SMILES string of the molecule is CCCCC(N=C1NS(=O)(=O)c2ccccc21)C(=O)NC1CCSc2c(F)cccc21. The van der Waals surface area contributed by atoms with Crippen molar-refractivity contribution in [1.29, 1.82) is 0 Å². The lowest BCUT2D eigenvalue weighted by Gasteiger charge is -2.27. The van der Waals surface area contributed by atoms with Crippen LogP contribution in [0.25, 0.3) is 0 Å². The van der Waals surface area contributed by atoms with Gasteiger partial charge in [0.05, 0.1) is 10.9 Å². The minimum Gasteiger partial charge on any atom is -0.347 e. The standard InChI is InChI=1S/C22H24FN3O3S2/c1-2-3-10-18(24-21-15-7-4-5-11-19(15)31(28,29)26-21)22(27)25-17-12-13-30-20-14(17)8-6-9-16(20)23/h4-9,11,17-18H,2-3,10,12-13H2,1H3,(H,24,26)(H,25,27). The summed E-state index contributed by atoms with van der Waals surface area (Å²) in [7, 11) is -3.68. The third-order valence-corrected chi connectivity index (χ3v) is 7.98. The van der Waals surface area contributed by atoms with Gasteiger partial charge in [-0.1, -0.05) is 44.0 Å². The molecule has 0 aromatic heterocycles. The van der Waals surface area contributed by atoms with E-state index >= 15 is 0 Å². The summed E-state index contributed by atoms with van der Waals surface area (Å²) in [6.07, 6.45) is 2.84. The fourth-order valence-corrected chi connectivity index (χ4v) is 6.22. The summed E-state index contributed by atoms with van der Waals surface area (Å²) >= 11 is 1.46. The number of nitrogens with one attached hydrogen (secondary N) is 2. The highest BCUT2D eigenvalue weighted by Gasteiger charge is 2.32. The van der Waals surface area contributed by atoms with E-state index in [1.807, 2.05) is 13.0 Å². The van der Waals surface area contributed by atoms with Gasteiger partial charge < -0.3 is 5.32 Å². The molecule has 2 aromatic rings. The number of amidine groups is 1. The van der Waals surface area contributed by atoms with E-state index < -0.39 is 16.1 Å². The Kier molecular flexibility index (Phi) is 6.34. The molecule has 2 aliphatic rings. The van der Waals surface area contributed by atoms with Gasteiger partial charge in [0, 0.05) is 16.2 Å². The monoisotopic (exact) mass is 461 g/mol. The minimum atomic E-state index is -3.68. The second-order valence-electron chi connectivity index (χ2n) is 7.59. The van der Waals surface area contributed by atoms with Crippen molar-refractivity contribution in [2.75, 3.05) is 5.75 Å². The molecule has 6 nitrogen and oxygen atoms in total. The van der Waals surface area contributed by atoms with Gasteiger partial charge in [-0.3, -0.25) is 14.5 Å². The van der Waals surface area contributed by atoms with Crippen LogP contribution in [-0.2, 0) is 14.8 Å². The summed E-state index contributed by atoms with van der Waals surface area (Å²) in [6, 6.07) is 10.5. The number of hydrogen-bond donors (Lipinski definition) is 2. The van der Waals surface area contributed by atoms with Crippen LogP contribution < -0.4 is 10.0 Å². The van der Waals surface area contributed by atoms with Crippen molar-refractivity contribution >= 4 is 33.5 Å². The van der Waals surface area contributed by atoms with Crippen molar-refractivity contribution in [1.82, 2.24) is 10.0 Å². The van der Waals surface area contributed by atoms with Crippen LogP contribution in [0.4, 0.5) is 4.39 Å². The van der Waals surface area contributed by atoms with Gasteiger partial charge in [-0.25, -0.2) is 12.8 Å². The molecule has 0 spiro atoms. The molecule has 2 heterocycles. The third kappa shape index (κ3) is 4.48. The number of fused-ring (bicyclic) bond motifs is 2. The Morgan fingerprint density at radius 1 is 1.29 bits per heavy atom. The van der Waals surface area contributed by atoms with Crippen LogP contribution in [0.15, 0.2) is 57.2 Å². The first kappa shape index (κ1) is 21.8. The zero-order valence-electron chi connectivity index (χ0n) is 17.1. The Morgan fingerprint density at radius 2 is 2.10 bits per heavy atom. The number of benzene rings is 2. The minimum absolute atomic E-state index is 0.164. The molecule has 2 N–H and O–H groups in total. The van der Waals surface area contributed by atoms with Crippen LogP contribution in [0.2, 0.25) is 0 Å². The van der Waals surface area contributed by atoms with Gasteiger partial charge in [-0.15, -0.1) is 11.8 Å². The van der Waals surface area contributed by atoms with Crippen LogP contribution in [0.5, 0.6) is 0 Å². The number of nitrogens with zero attached hydrogens (tertiary/aromatic N) is 1. The highest BCUT2D eigenvalue weighted by Crippen LogP contribution is 2.37. The van der Waals surface area contributed by atoms with E-state index in [-0.39, 0.29) is 28.5 Å². The van der Waals surface area contributed by atoms with Crippen molar-refractivity contribution in [3.05, 3.63) is 59.4 Å². The quantitative estimate of drug-likeness (QED) is 0.685. The first-order chi connectivity index (χ1) is 14.9. The molecule has 9 heteroatoms. The zero-order chi connectivity index (χ0) is 22.0. The molecule has 0 saturated carbocycles.